The number of aromatic nitrogens is 2. The second-order valence-electron chi connectivity index (χ2n) is 2.95. The van der Waals surface area contributed by atoms with Crippen LogP contribution in [0.4, 0.5) is 0 Å². The molecule has 1 aromatic heterocycles. The van der Waals surface area contributed by atoms with Crippen LogP contribution in [-0.4, -0.2) is 21.3 Å². The Hall–Kier alpha value is -0.830. The third-order valence-electron chi connectivity index (χ3n) is 2.17. The van der Waals surface area contributed by atoms with E-state index in [1.807, 2.05) is 14.0 Å². The SMILES string of the molecule is CCc1nc(C)c(CCO)n1C. The molecule has 68 valence electrons. The molecular weight excluding hydrogens is 152 g/mol. The van der Waals surface area contributed by atoms with Crippen molar-refractivity contribution in [1.82, 2.24) is 9.55 Å². The van der Waals surface area contributed by atoms with E-state index >= 15 is 0 Å². The second-order valence-corrected chi connectivity index (χ2v) is 2.95. The lowest BCUT2D eigenvalue weighted by Gasteiger charge is -2.02. The van der Waals surface area contributed by atoms with Crippen molar-refractivity contribution in [1.29, 1.82) is 0 Å². The number of aliphatic hydroxyl groups excluding tert-OH is 1. The van der Waals surface area contributed by atoms with Crippen molar-refractivity contribution < 1.29 is 5.11 Å². The van der Waals surface area contributed by atoms with Gasteiger partial charge in [0.2, 0.25) is 0 Å². The van der Waals surface area contributed by atoms with Gasteiger partial charge >= 0.3 is 0 Å². The highest BCUT2D eigenvalue weighted by Crippen LogP contribution is 2.10. The maximum atomic E-state index is 8.81. The van der Waals surface area contributed by atoms with Gasteiger partial charge in [0.05, 0.1) is 5.69 Å². The predicted octanol–water partition coefficient (Wildman–Crippen LogP) is 0.826. The minimum Gasteiger partial charge on any atom is -0.396 e. The molecule has 0 fully saturated rings. The number of nitrogens with zero attached hydrogens (tertiary/aromatic N) is 2. The molecule has 0 aliphatic rings. The first-order valence-electron chi connectivity index (χ1n) is 4.32. The summed E-state index contributed by atoms with van der Waals surface area (Å²) in [4.78, 5) is 4.40. The maximum Gasteiger partial charge on any atom is 0.108 e. The Morgan fingerprint density at radius 2 is 2.17 bits per heavy atom. The van der Waals surface area contributed by atoms with Crippen LogP contribution in [0.2, 0.25) is 0 Å². The summed E-state index contributed by atoms with van der Waals surface area (Å²) >= 11 is 0. The van der Waals surface area contributed by atoms with Gasteiger partial charge in [-0.05, 0) is 6.92 Å². The molecule has 12 heavy (non-hydrogen) atoms. The Morgan fingerprint density at radius 1 is 1.50 bits per heavy atom. The maximum absolute atomic E-state index is 8.81. The topological polar surface area (TPSA) is 38.1 Å². The van der Waals surface area contributed by atoms with Crippen LogP contribution in [0.25, 0.3) is 0 Å². The largest absolute Gasteiger partial charge is 0.396 e. The molecule has 0 spiro atoms. The summed E-state index contributed by atoms with van der Waals surface area (Å²) in [5, 5.41) is 8.81. The molecule has 0 atom stereocenters. The van der Waals surface area contributed by atoms with Crippen molar-refractivity contribution in [3.63, 3.8) is 0 Å². The number of hydrogen-bond acceptors (Lipinski definition) is 2. The van der Waals surface area contributed by atoms with Crippen molar-refractivity contribution in [2.75, 3.05) is 6.61 Å². The normalized spacial score (nSPS) is 10.7. The van der Waals surface area contributed by atoms with Crippen molar-refractivity contribution in [3.05, 3.63) is 17.2 Å². The third kappa shape index (κ3) is 1.50. The fourth-order valence-electron chi connectivity index (χ4n) is 1.50. The van der Waals surface area contributed by atoms with Crippen LogP contribution < -0.4 is 0 Å². The van der Waals surface area contributed by atoms with E-state index in [1.54, 1.807) is 0 Å². The highest BCUT2D eigenvalue weighted by molar-refractivity contribution is 5.15. The highest BCUT2D eigenvalue weighted by atomic mass is 16.3. The molecule has 3 nitrogen and oxygen atoms in total. The van der Waals surface area contributed by atoms with E-state index in [9.17, 15) is 0 Å². The van der Waals surface area contributed by atoms with E-state index in [2.05, 4.69) is 16.5 Å². The zero-order chi connectivity index (χ0) is 9.14. The minimum absolute atomic E-state index is 0.198. The number of aryl methyl sites for hydroxylation is 2. The van der Waals surface area contributed by atoms with Gasteiger partial charge in [0.15, 0.2) is 0 Å². The van der Waals surface area contributed by atoms with Gasteiger partial charge in [-0.1, -0.05) is 6.92 Å². The Morgan fingerprint density at radius 3 is 2.58 bits per heavy atom. The highest BCUT2D eigenvalue weighted by Gasteiger charge is 2.08. The molecule has 0 saturated heterocycles. The van der Waals surface area contributed by atoms with E-state index < -0.39 is 0 Å². The van der Waals surface area contributed by atoms with E-state index in [0.29, 0.717) is 6.42 Å². The Kier molecular flexibility index (Phi) is 2.87. The summed E-state index contributed by atoms with van der Waals surface area (Å²) < 4.78 is 2.07. The third-order valence-corrected chi connectivity index (χ3v) is 2.17. The Labute approximate surface area is 73.1 Å². The molecule has 1 heterocycles. The summed E-state index contributed by atoms with van der Waals surface area (Å²) in [6, 6.07) is 0. The van der Waals surface area contributed by atoms with Gasteiger partial charge in [-0.3, -0.25) is 0 Å². The van der Waals surface area contributed by atoms with Gasteiger partial charge in [-0.15, -0.1) is 0 Å². The number of imidazole rings is 1. The number of hydrogen-bond donors (Lipinski definition) is 1. The zero-order valence-electron chi connectivity index (χ0n) is 7.96. The average Bonchev–Trinajstić information content (AvgIpc) is 2.32. The summed E-state index contributed by atoms with van der Waals surface area (Å²) in [7, 11) is 2.00. The molecule has 3 heteroatoms. The van der Waals surface area contributed by atoms with Gasteiger partial charge in [0.25, 0.3) is 0 Å². The van der Waals surface area contributed by atoms with E-state index in [-0.39, 0.29) is 6.61 Å². The molecule has 0 unspecified atom stereocenters. The lowest BCUT2D eigenvalue weighted by atomic mass is 10.3. The first kappa shape index (κ1) is 9.26. The van der Waals surface area contributed by atoms with E-state index in [1.165, 1.54) is 0 Å². The fourth-order valence-corrected chi connectivity index (χ4v) is 1.50. The molecule has 1 rings (SSSR count). The lowest BCUT2D eigenvalue weighted by molar-refractivity contribution is 0.296. The number of rotatable bonds is 3. The molecule has 1 N–H and O–H groups in total. The molecule has 0 amide bonds. The molecule has 1 aromatic rings. The molecule has 0 aliphatic carbocycles. The van der Waals surface area contributed by atoms with Crippen LogP contribution >= 0.6 is 0 Å². The quantitative estimate of drug-likeness (QED) is 0.725. The molecule has 0 aromatic carbocycles. The summed E-state index contributed by atoms with van der Waals surface area (Å²) in [6.07, 6.45) is 1.65. The first-order chi connectivity index (χ1) is 5.70. The molecule has 0 radical (unpaired) electrons. The fraction of sp³-hybridized carbons (Fsp3) is 0.667. The predicted molar refractivity (Wildman–Crippen MR) is 48.1 cm³/mol. The van der Waals surface area contributed by atoms with E-state index in [4.69, 9.17) is 5.11 Å². The summed E-state index contributed by atoms with van der Waals surface area (Å²) in [5.41, 5.74) is 2.19. The van der Waals surface area contributed by atoms with Crippen LogP contribution in [0.3, 0.4) is 0 Å². The van der Waals surface area contributed by atoms with Crippen LogP contribution in [0.5, 0.6) is 0 Å². The second kappa shape index (κ2) is 3.72. The minimum atomic E-state index is 0.198. The molecule has 0 saturated carbocycles. The van der Waals surface area contributed by atoms with Crippen molar-refractivity contribution in [2.45, 2.75) is 26.7 Å². The first-order valence-corrected chi connectivity index (χ1v) is 4.32. The van der Waals surface area contributed by atoms with Crippen LogP contribution in [-0.2, 0) is 19.9 Å². The van der Waals surface area contributed by atoms with E-state index in [0.717, 1.165) is 23.6 Å². The molecule has 0 bridgehead atoms. The van der Waals surface area contributed by atoms with Crippen LogP contribution in [0.15, 0.2) is 0 Å². The van der Waals surface area contributed by atoms with Gasteiger partial charge in [0, 0.05) is 32.2 Å². The van der Waals surface area contributed by atoms with Crippen LogP contribution in [0.1, 0.15) is 24.1 Å². The molecular formula is C9H16N2O. The van der Waals surface area contributed by atoms with Crippen molar-refractivity contribution in [3.8, 4) is 0 Å². The van der Waals surface area contributed by atoms with Gasteiger partial charge < -0.3 is 9.67 Å². The zero-order valence-corrected chi connectivity index (χ0v) is 7.96. The lowest BCUT2D eigenvalue weighted by Crippen LogP contribution is -2.03. The van der Waals surface area contributed by atoms with Gasteiger partial charge in [-0.25, -0.2) is 4.98 Å². The smallest absolute Gasteiger partial charge is 0.108 e. The summed E-state index contributed by atoms with van der Waals surface area (Å²) in [6.45, 7) is 4.28. The monoisotopic (exact) mass is 168 g/mol. The van der Waals surface area contributed by atoms with Crippen molar-refractivity contribution in [2.24, 2.45) is 7.05 Å². The molecule has 0 aliphatic heterocycles. The average molecular weight is 168 g/mol. The Bertz CT molecular complexity index is 266. The Balaban J connectivity index is 3.01. The van der Waals surface area contributed by atoms with Crippen molar-refractivity contribution >= 4 is 0 Å². The number of aliphatic hydroxyl groups is 1. The summed E-state index contributed by atoms with van der Waals surface area (Å²) in [5.74, 6) is 1.09. The van der Waals surface area contributed by atoms with Gasteiger partial charge in [0.1, 0.15) is 5.82 Å². The standard InChI is InChI=1S/C9H16N2O/c1-4-9-10-7(2)8(5-6-12)11(9)3/h12H,4-6H2,1-3H3. The van der Waals surface area contributed by atoms with Crippen LogP contribution in [0, 0.1) is 6.92 Å². The van der Waals surface area contributed by atoms with Gasteiger partial charge in [-0.2, -0.15) is 0 Å².